The molecule has 0 unspecified atom stereocenters. The Balaban J connectivity index is 2.98. The summed E-state index contributed by atoms with van der Waals surface area (Å²) in [5.41, 5.74) is 0.446. The molecule has 0 bridgehead atoms. The predicted octanol–water partition coefficient (Wildman–Crippen LogP) is 0.500. The molecule has 1 rings (SSSR count). The lowest BCUT2D eigenvalue weighted by molar-refractivity contribution is -0.393. The summed E-state index contributed by atoms with van der Waals surface area (Å²) in [6, 6.07) is 0. The fourth-order valence-corrected chi connectivity index (χ4v) is 0.440. The molecular weight excluding hydrogens is 122 g/mol. The van der Waals surface area contributed by atoms with Crippen molar-refractivity contribution in [2.75, 3.05) is 0 Å². The highest BCUT2D eigenvalue weighted by Gasteiger charge is 2.05. The second-order valence-corrected chi connectivity index (χ2v) is 1.49. The maximum Gasteiger partial charge on any atom is 0.432 e. The molecule has 9 heavy (non-hydrogen) atoms. The van der Waals surface area contributed by atoms with Gasteiger partial charge in [-0.25, -0.2) is 4.98 Å². The molecule has 0 aliphatic carbocycles. The largest absolute Gasteiger partial charge is 0.432 e. The summed E-state index contributed by atoms with van der Waals surface area (Å²) in [7, 11) is 0. The van der Waals surface area contributed by atoms with Gasteiger partial charge in [0, 0.05) is 6.92 Å². The first-order valence-electron chi connectivity index (χ1n) is 2.21. The molecule has 0 spiro atoms. The highest BCUT2D eigenvalue weighted by molar-refractivity contribution is 5.12. The van der Waals surface area contributed by atoms with E-state index in [1.165, 1.54) is 6.20 Å². The van der Waals surface area contributed by atoms with Gasteiger partial charge >= 0.3 is 5.95 Å². The first kappa shape index (κ1) is 5.74. The molecule has 0 aliphatic heterocycles. The molecule has 1 heterocycles. The summed E-state index contributed by atoms with van der Waals surface area (Å²) in [5.74, 6) is -0.264. The van der Waals surface area contributed by atoms with Gasteiger partial charge < -0.3 is 10.1 Å². The molecule has 0 aromatic carbocycles. The summed E-state index contributed by atoms with van der Waals surface area (Å²) >= 11 is 0. The Morgan fingerprint density at radius 2 is 2.56 bits per heavy atom. The van der Waals surface area contributed by atoms with Crippen LogP contribution in [0.4, 0.5) is 5.95 Å². The summed E-state index contributed by atoms with van der Waals surface area (Å²) in [4.78, 5) is 15.0. The van der Waals surface area contributed by atoms with Crippen LogP contribution >= 0.6 is 0 Å². The second kappa shape index (κ2) is 1.85. The molecule has 0 amide bonds. The van der Waals surface area contributed by atoms with Crippen molar-refractivity contribution >= 4 is 5.95 Å². The van der Waals surface area contributed by atoms with E-state index in [4.69, 9.17) is 0 Å². The van der Waals surface area contributed by atoms with Gasteiger partial charge in [-0.3, -0.25) is 0 Å². The summed E-state index contributed by atoms with van der Waals surface area (Å²) in [6.07, 6.45) is 1.30. The topological polar surface area (TPSA) is 71.8 Å². The van der Waals surface area contributed by atoms with E-state index in [0.717, 1.165) is 0 Å². The minimum atomic E-state index is -0.602. The van der Waals surface area contributed by atoms with Crippen LogP contribution in [0.25, 0.3) is 0 Å². The molecule has 5 heteroatoms. The van der Waals surface area contributed by atoms with Crippen molar-refractivity contribution in [1.29, 1.82) is 0 Å². The van der Waals surface area contributed by atoms with E-state index in [-0.39, 0.29) is 5.95 Å². The molecule has 0 saturated heterocycles. The van der Waals surface area contributed by atoms with E-state index in [1.807, 2.05) is 0 Å². The number of nitro groups is 1. The van der Waals surface area contributed by atoms with Gasteiger partial charge in [0.05, 0.1) is 0 Å². The van der Waals surface area contributed by atoms with E-state index < -0.39 is 4.92 Å². The molecule has 0 fully saturated rings. The van der Waals surface area contributed by atoms with E-state index in [0.29, 0.717) is 5.69 Å². The Bertz CT molecular complexity index is 229. The number of H-pyrrole nitrogens is 1. The minimum absolute atomic E-state index is 0.264. The second-order valence-electron chi connectivity index (χ2n) is 1.49. The maximum absolute atomic E-state index is 9.90. The number of rotatable bonds is 1. The van der Waals surface area contributed by atoms with E-state index >= 15 is 0 Å². The van der Waals surface area contributed by atoms with Crippen LogP contribution in [-0.2, 0) is 0 Å². The lowest BCUT2D eigenvalue weighted by Gasteiger charge is -1.84. The van der Waals surface area contributed by atoms with Crippen molar-refractivity contribution in [2.24, 2.45) is 0 Å². The number of imidazole rings is 1. The zero-order valence-corrected chi connectivity index (χ0v) is 4.50. The number of hydrogen-bond acceptors (Lipinski definition) is 3. The lowest BCUT2D eigenvalue weighted by atomic mass is 10.6. The smallest absolute Gasteiger partial charge is 0.390 e. The Kier molecular flexibility index (Phi) is 1.18. The first-order chi connectivity index (χ1) is 4.20. The molecule has 1 N–H and O–H groups in total. The molecule has 1 aromatic heterocycles. The van der Waals surface area contributed by atoms with Gasteiger partial charge in [0.15, 0.2) is 0 Å². The zero-order valence-electron chi connectivity index (χ0n) is 4.50. The van der Waals surface area contributed by atoms with Gasteiger partial charge in [-0.2, -0.15) is 0 Å². The predicted molar refractivity (Wildman–Crippen MR) is 29.7 cm³/mol. The van der Waals surface area contributed by atoms with Crippen molar-refractivity contribution in [3.63, 3.8) is 0 Å². The zero-order chi connectivity index (χ0) is 6.85. The van der Waals surface area contributed by atoms with Crippen molar-refractivity contribution in [2.45, 2.75) is 0 Å². The van der Waals surface area contributed by atoms with E-state index in [1.54, 1.807) is 0 Å². The molecule has 0 saturated carbocycles. The van der Waals surface area contributed by atoms with Crippen molar-refractivity contribution in [3.8, 4) is 0 Å². The Morgan fingerprint density at radius 3 is 2.78 bits per heavy atom. The molecular formula is C4H4N3O2. The third kappa shape index (κ3) is 1.04. The monoisotopic (exact) mass is 126 g/mol. The van der Waals surface area contributed by atoms with Crippen LogP contribution in [0.2, 0.25) is 0 Å². The molecule has 5 nitrogen and oxygen atoms in total. The van der Waals surface area contributed by atoms with Crippen LogP contribution in [0.3, 0.4) is 0 Å². The standard InChI is InChI=1S/C4H4N3O2/c1-3-2-5-4(6-3)7(8)9/h2H,1H2,(H,5,6). The third-order valence-electron chi connectivity index (χ3n) is 0.788. The van der Waals surface area contributed by atoms with Crippen molar-refractivity contribution < 1.29 is 4.92 Å². The Labute approximate surface area is 50.9 Å². The number of hydrogen-bond donors (Lipinski definition) is 1. The SMILES string of the molecule is [CH2]c1cnc([N+](=O)[O-])[nH]1. The Hall–Kier alpha value is -1.39. The van der Waals surface area contributed by atoms with Crippen molar-refractivity contribution in [1.82, 2.24) is 9.97 Å². The maximum atomic E-state index is 9.90. The molecule has 0 atom stereocenters. The van der Waals surface area contributed by atoms with Crippen LogP contribution in [-0.4, -0.2) is 14.9 Å². The molecule has 47 valence electrons. The van der Waals surface area contributed by atoms with Crippen LogP contribution in [0.15, 0.2) is 6.20 Å². The Morgan fingerprint density at radius 1 is 1.89 bits per heavy atom. The van der Waals surface area contributed by atoms with Gasteiger partial charge in [0.1, 0.15) is 11.9 Å². The van der Waals surface area contributed by atoms with E-state index in [2.05, 4.69) is 16.9 Å². The quantitative estimate of drug-likeness (QED) is 0.440. The first-order valence-corrected chi connectivity index (χ1v) is 2.21. The molecule has 1 aromatic rings. The van der Waals surface area contributed by atoms with Gasteiger partial charge in [-0.1, -0.05) is 4.98 Å². The fourth-order valence-electron chi connectivity index (χ4n) is 0.440. The molecule has 1 radical (unpaired) electrons. The molecule has 0 aliphatic rings. The number of nitrogens with zero attached hydrogens (tertiary/aromatic N) is 2. The number of nitrogens with one attached hydrogen (secondary N) is 1. The summed E-state index contributed by atoms with van der Waals surface area (Å²) in [6.45, 7) is 3.40. The van der Waals surface area contributed by atoms with Gasteiger partial charge in [-0.15, -0.1) is 0 Å². The highest BCUT2D eigenvalue weighted by Crippen LogP contribution is 2.01. The number of aromatic amines is 1. The van der Waals surface area contributed by atoms with Crippen LogP contribution < -0.4 is 0 Å². The van der Waals surface area contributed by atoms with E-state index in [9.17, 15) is 10.1 Å². The average molecular weight is 126 g/mol. The van der Waals surface area contributed by atoms with Gasteiger partial charge in [0.25, 0.3) is 0 Å². The summed E-state index contributed by atoms with van der Waals surface area (Å²) in [5, 5.41) is 9.90. The highest BCUT2D eigenvalue weighted by atomic mass is 16.6. The van der Waals surface area contributed by atoms with Crippen molar-refractivity contribution in [3.05, 3.63) is 28.9 Å². The van der Waals surface area contributed by atoms with Crippen LogP contribution in [0.5, 0.6) is 0 Å². The third-order valence-corrected chi connectivity index (χ3v) is 0.788. The number of aromatic nitrogens is 2. The lowest BCUT2D eigenvalue weighted by Crippen LogP contribution is -1.88. The van der Waals surface area contributed by atoms with Crippen LogP contribution in [0, 0.1) is 17.0 Å². The average Bonchev–Trinajstić information content (AvgIpc) is 2.14. The fraction of sp³-hybridized carbons (Fsp3) is 0. The van der Waals surface area contributed by atoms with Gasteiger partial charge in [-0.05, 0) is 4.92 Å². The normalized spacial score (nSPS) is 9.44. The summed E-state index contributed by atoms with van der Waals surface area (Å²) < 4.78 is 0. The minimum Gasteiger partial charge on any atom is -0.390 e. The van der Waals surface area contributed by atoms with Gasteiger partial charge in [0.2, 0.25) is 0 Å². The van der Waals surface area contributed by atoms with Crippen LogP contribution in [0.1, 0.15) is 5.69 Å².